The van der Waals surface area contributed by atoms with Crippen molar-refractivity contribution in [1.29, 1.82) is 0 Å². The standard InChI is InChI=1S/C13H17NO6S/c1-9-5-6-10(21(18,19)20)8-11(9)13(17)14(2)7-3-4-12(15)16/h5-6,8H,3-4,7H2,1-2H3,(H,15,16)(H,18,19,20). The van der Waals surface area contributed by atoms with Crippen molar-refractivity contribution < 1.29 is 27.7 Å². The minimum atomic E-state index is -4.38. The average molecular weight is 315 g/mol. The molecule has 0 bridgehead atoms. The Hall–Kier alpha value is -1.93. The molecule has 0 aliphatic rings. The molecule has 1 aromatic rings. The fourth-order valence-corrected chi connectivity index (χ4v) is 2.27. The smallest absolute Gasteiger partial charge is 0.303 e. The predicted octanol–water partition coefficient (Wildman–Crippen LogP) is 1.18. The fraction of sp³-hybridized carbons (Fsp3) is 0.385. The van der Waals surface area contributed by atoms with Crippen molar-refractivity contribution in [2.24, 2.45) is 0 Å². The molecule has 0 spiro atoms. The third kappa shape index (κ3) is 4.83. The normalized spacial score (nSPS) is 11.2. The van der Waals surface area contributed by atoms with Crippen molar-refractivity contribution >= 4 is 22.0 Å². The molecule has 7 nitrogen and oxygen atoms in total. The zero-order chi connectivity index (χ0) is 16.2. The Balaban J connectivity index is 2.93. The van der Waals surface area contributed by atoms with Gasteiger partial charge in [-0.3, -0.25) is 14.1 Å². The zero-order valence-corrected chi connectivity index (χ0v) is 12.6. The summed E-state index contributed by atoms with van der Waals surface area (Å²) in [6, 6.07) is 3.76. The van der Waals surface area contributed by atoms with Gasteiger partial charge in [0.25, 0.3) is 16.0 Å². The molecule has 2 N–H and O–H groups in total. The molecule has 0 unspecified atom stereocenters. The zero-order valence-electron chi connectivity index (χ0n) is 11.7. The average Bonchev–Trinajstić information content (AvgIpc) is 2.36. The summed E-state index contributed by atoms with van der Waals surface area (Å²) in [5.74, 6) is -1.37. The molecular formula is C13H17NO6S. The lowest BCUT2D eigenvalue weighted by Gasteiger charge is -2.18. The summed E-state index contributed by atoms with van der Waals surface area (Å²) in [6.45, 7) is 1.88. The van der Waals surface area contributed by atoms with Crippen molar-refractivity contribution in [2.45, 2.75) is 24.7 Å². The SMILES string of the molecule is Cc1ccc(S(=O)(=O)O)cc1C(=O)N(C)CCCC(=O)O. The maximum Gasteiger partial charge on any atom is 0.303 e. The van der Waals surface area contributed by atoms with Gasteiger partial charge >= 0.3 is 5.97 Å². The minimum Gasteiger partial charge on any atom is -0.481 e. The molecule has 0 radical (unpaired) electrons. The van der Waals surface area contributed by atoms with Gasteiger partial charge in [-0.1, -0.05) is 6.07 Å². The molecule has 21 heavy (non-hydrogen) atoms. The first-order valence-electron chi connectivity index (χ1n) is 6.18. The quantitative estimate of drug-likeness (QED) is 0.762. The van der Waals surface area contributed by atoms with Gasteiger partial charge in [-0.2, -0.15) is 8.42 Å². The number of aliphatic carboxylic acids is 1. The van der Waals surface area contributed by atoms with Gasteiger partial charge in [0.05, 0.1) is 4.90 Å². The van der Waals surface area contributed by atoms with Gasteiger partial charge < -0.3 is 10.0 Å². The molecule has 0 atom stereocenters. The lowest BCUT2D eigenvalue weighted by atomic mass is 10.1. The van der Waals surface area contributed by atoms with Crippen molar-refractivity contribution in [1.82, 2.24) is 4.90 Å². The number of carbonyl (C=O) groups excluding carboxylic acids is 1. The van der Waals surface area contributed by atoms with Crippen LogP contribution in [0.15, 0.2) is 23.1 Å². The van der Waals surface area contributed by atoms with Crippen molar-refractivity contribution in [2.75, 3.05) is 13.6 Å². The van der Waals surface area contributed by atoms with E-state index in [-0.39, 0.29) is 23.4 Å². The summed E-state index contributed by atoms with van der Waals surface area (Å²) in [5, 5.41) is 8.55. The van der Waals surface area contributed by atoms with Crippen molar-refractivity contribution in [3.8, 4) is 0 Å². The maximum absolute atomic E-state index is 12.2. The molecule has 0 fully saturated rings. The van der Waals surface area contributed by atoms with Gasteiger partial charge in [0.15, 0.2) is 0 Å². The van der Waals surface area contributed by atoms with E-state index >= 15 is 0 Å². The second-order valence-corrected chi connectivity index (χ2v) is 6.10. The van der Waals surface area contributed by atoms with Crippen LogP contribution < -0.4 is 0 Å². The van der Waals surface area contributed by atoms with E-state index in [2.05, 4.69) is 0 Å². The van der Waals surface area contributed by atoms with E-state index in [1.807, 2.05) is 0 Å². The number of hydrogen-bond acceptors (Lipinski definition) is 4. The molecule has 0 aliphatic carbocycles. The summed E-state index contributed by atoms with van der Waals surface area (Å²) < 4.78 is 31.2. The van der Waals surface area contributed by atoms with E-state index in [1.165, 1.54) is 24.1 Å². The number of carboxylic acid groups (broad SMARTS) is 1. The van der Waals surface area contributed by atoms with Crippen molar-refractivity contribution in [3.63, 3.8) is 0 Å². The first-order valence-corrected chi connectivity index (χ1v) is 7.62. The predicted molar refractivity (Wildman–Crippen MR) is 74.8 cm³/mol. The van der Waals surface area contributed by atoms with Gasteiger partial charge in [0.2, 0.25) is 0 Å². The van der Waals surface area contributed by atoms with Crippen LogP contribution in [0, 0.1) is 6.92 Å². The van der Waals surface area contributed by atoms with E-state index < -0.39 is 22.0 Å². The lowest BCUT2D eigenvalue weighted by molar-refractivity contribution is -0.137. The highest BCUT2D eigenvalue weighted by atomic mass is 32.2. The van der Waals surface area contributed by atoms with Gasteiger partial charge in [-0.15, -0.1) is 0 Å². The molecular weight excluding hydrogens is 298 g/mol. The van der Waals surface area contributed by atoms with Gasteiger partial charge in [-0.25, -0.2) is 0 Å². The summed E-state index contributed by atoms with van der Waals surface area (Å²) >= 11 is 0. The first kappa shape index (κ1) is 17.1. The number of amides is 1. The van der Waals surface area contributed by atoms with Crippen LogP contribution in [-0.4, -0.2) is 48.4 Å². The number of hydrogen-bond donors (Lipinski definition) is 2. The van der Waals surface area contributed by atoms with E-state index in [0.29, 0.717) is 12.0 Å². The fourth-order valence-electron chi connectivity index (χ4n) is 1.77. The van der Waals surface area contributed by atoms with Crippen LogP contribution >= 0.6 is 0 Å². The molecule has 0 aliphatic heterocycles. The molecule has 0 heterocycles. The number of benzene rings is 1. The second-order valence-electron chi connectivity index (χ2n) is 4.68. The highest BCUT2D eigenvalue weighted by molar-refractivity contribution is 7.85. The van der Waals surface area contributed by atoms with Crippen LogP contribution in [0.5, 0.6) is 0 Å². The van der Waals surface area contributed by atoms with E-state index in [0.717, 1.165) is 6.07 Å². The van der Waals surface area contributed by atoms with Crippen LogP contribution in [-0.2, 0) is 14.9 Å². The summed E-state index contributed by atoms with van der Waals surface area (Å²) in [5.41, 5.74) is 0.723. The van der Waals surface area contributed by atoms with Crippen LogP contribution in [0.3, 0.4) is 0 Å². The van der Waals surface area contributed by atoms with Gasteiger partial charge in [0.1, 0.15) is 0 Å². The Labute approximate surface area is 122 Å². The number of rotatable bonds is 6. The summed E-state index contributed by atoms with van der Waals surface area (Å²) in [6.07, 6.45) is 0.246. The molecule has 1 rings (SSSR count). The van der Waals surface area contributed by atoms with Gasteiger partial charge in [0, 0.05) is 25.6 Å². The number of nitrogens with zero attached hydrogens (tertiary/aromatic N) is 1. The van der Waals surface area contributed by atoms with Gasteiger partial charge in [-0.05, 0) is 31.0 Å². The van der Waals surface area contributed by atoms with Crippen molar-refractivity contribution in [3.05, 3.63) is 29.3 Å². The Bertz CT molecular complexity index is 653. The monoisotopic (exact) mass is 315 g/mol. The second kappa shape index (κ2) is 6.68. The number of carboxylic acids is 1. The highest BCUT2D eigenvalue weighted by Crippen LogP contribution is 2.17. The number of carbonyl (C=O) groups is 2. The van der Waals surface area contributed by atoms with Crippen LogP contribution in [0.2, 0.25) is 0 Å². The summed E-state index contributed by atoms with van der Waals surface area (Å²) in [7, 11) is -2.87. The molecule has 8 heteroatoms. The topological polar surface area (TPSA) is 112 Å². The Morgan fingerprint density at radius 1 is 1.29 bits per heavy atom. The largest absolute Gasteiger partial charge is 0.481 e. The van der Waals surface area contributed by atoms with Crippen LogP contribution in [0.1, 0.15) is 28.8 Å². The Morgan fingerprint density at radius 3 is 2.43 bits per heavy atom. The Kier molecular flexibility index (Phi) is 5.45. The van der Waals surface area contributed by atoms with E-state index in [1.54, 1.807) is 6.92 Å². The molecule has 0 saturated carbocycles. The third-order valence-corrected chi connectivity index (χ3v) is 3.82. The molecule has 116 valence electrons. The minimum absolute atomic E-state index is 0.0539. The van der Waals surface area contributed by atoms with E-state index in [4.69, 9.17) is 9.66 Å². The Morgan fingerprint density at radius 2 is 1.90 bits per heavy atom. The van der Waals surface area contributed by atoms with Crippen LogP contribution in [0.25, 0.3) is 0 Å². The van der Waals surface area contributed by atoms with E-state index in [9.17, 15) is 18.0 Å². The molecule has 1 aromatic carbocycles. The number of aryl methyl sites for hydroxylation is 1. The molecule has 1 amide bonds. The third-order valence-electron chi connectivity index (χ3n) is 2.97. The maximum atomic E-state index is 12.2. The lowest BCUT2D eigenvalue weighted by Crippen LogP contribution is -2.28. The van der Waals surface area contributed by atoms with Crippen LogP contribution in [0.4, 0.5) is 0 Å². The summed E-state index contributed by atoms with van der Waals surface area (Å²) in [4.78, 5) is 23.6. The molecule has 0 aromatic heterocycles. The highest BCUT2D eigenvalue weighted by Gasteiger charge is 2.18. The molecule has 0 saturated heterocycles. The first-order chi connectivity index (χ1) is 9.62.